The first-order chi connectivity index (χ1) is 16.4. The lowest BCUT2D eigenvalue weighted by molar-refractivity contribution is -0.281. The van der Waals surface area contributed by atoms with Gasteiger partial charge in [-0.3, -0.25) is 24.7 Å². The monoisotopic (exact) mass is 469 g/mol. The molecule has 0 radical (unpaired) electrons. The van der Waals surface area contributed by atoms with Crippen molar-refractivity contribution >= 4 is 11.8 Å². The van der Waals surface area contributed by atoms with Crippen molar-refractivity contribution in [3.63, 3.8) is 0 Å². The molecule has 2 bridgehead atoms. The van der Waals surface area contributed by atoms with Crippen LogP contribution < -0.4 is 10.1 Å². The molecule has 0 spiro atoms. The summed E-state index contributed by atoms with van der Waals surface area (Å²) < 4.78 is 12.0. The van der Waals surface area contributed by atoms with E-state index in [1.165, 1.54) is 38.5 Å². The molecule has 3 saturated carbocycles. The molecule has 1 aromatic carbocycles. The van der Waals surface area contributed by atoms with Gasteiger partial charge < -0.3 is 14.6 Å². The number of amides is 2. The average molecular weight is 470 g/mol. The fraction of sp³-hybridized carbons (Fsp3) is 0.692. The van der Waals surface area contributed by atoms with Crippen molar-refractivity contribution in [2.75, 3.05) is 26.8 Å². The van der Waals surface area contributed by atoms with Gasteiger partial charge in [0.2, 0.25) is 11.8 Å². The van der Waals surface area contributed by atoms with Crippen LogP contribution >= 0.6 is 0 Å². The maximum absolute atomic E-state index is 12.3. The van der Waals surface area contributed by atoms with Gasteiger partial charge in [0.05, 0.1) is 11.6 Å². The molecule has 8 nitrogen and oxygen atoms in total. The molecule has 2 saturated heterocycles. The van der Waals surface area contributed by atoms with E-state index >= 15 is 0 Å². The second-order valence-corrected chi connectivity index (χ2v) is 11.2. The maximum atomic E-state index is 12.3. The Bertz CT molecular complexity index is 977. The topological polar surface area (TPSA) is 91.3 Å². The zero-order valence-electron chi connectivity index (χ0n) is 19.9. The van der Waals surface area contributed by atoms with E-state index in [1.54, 1.807) is 4.90 Å². The minimum absolute atomic E-state index is 0.193. The molecule has 2 N–H and O–H groups in total. The van der Waals surface area contributed by atoms with Gasteiger partial charge in [-0.05, 0) is 68.2 Å². The number of likely N-dealkylation sites (tertiary alicyclic amines) is 1. The number of ether oxygens (including phenoxy) is 2. The Labute approximate surface area is 200 Å². The second-order valence-electron chi connectivity index (χ2n) is 11.2. The largest absolute Gasteiger partial charge is 0.492 e. The van der Waals surface area contributed by atoms with Crippen molar-refractivity contribution in [2.24, 2.45) is 5.41 Å². The number of carbonyl (C=O) groups excluding carboxylic acids is 2. The number of methoxy groups -OCH3 is 1. The van der Waals surface area contributed by atoms with Gasteiger partial charge in [0.25, 0.3) is 0 Å². The van der Waals surface area contributed by atoms with E-state index in [2.05, 4.69) is 10.2 Å². The highest BCUT2D eigenvalue weighted by Crippen LogP contribution is 2.69. The van der Waals surface area contributed by atoms with Crippen LogP contribution in [0, 0.1) is 5.41 Å². The Morgan fingerprint density at radius 3 is 2.76 bits per heavy atom. The van der Waals surface area contributed by atoms with E-state index < -0.39 is 12.3 Å². The molecular formula is C26H35N3O5. The molecule has 184 valence electrons. The number of hydrogen-bond acceptors (Lipinski definition) is 7. The number of carbonyl (C=O) groups is 2. The molecule has 34 heavy (non-hydrogen) atoms. The second kappa shape index (κ2) is 8.29. The highest BCUT2D eigenvalue weighted by Gasteiger charge is 2.68. The number of piperidine rings is 2. The summed E-state index contributed by atoms with van der Waals surface area (Å²) in [7, 11) is 1.85. The Morgan fingerprint density at radius 2 is 2.00 bits per heavy atom. The molecule has 7 rings (SSSR count). The number of aliphatic hydroxyl groups is 1. The first-order valence-corrected chi connectivity index (χ1v) is 12.7. The lowest BCUT2D eigenvalue weighted by atomic mass is 9.41. The van der Waals surface area contributed by atoms with Gasteiger partial charge in [-0.1, -0.05) is 12.5 Å². The van der Waals surface area contributed by atoms with Crippen molar-refractivity contribution in [3.8, 4) is 5.75 Å². The number of aliphatic hydroxyl groups excluding tert-OH is 1. The predicted octanol–water partition coefficient (Wildman–Crippen LogP) is 2.10. The third-order valence-electron chi connectivity index (χ3n) is 8.92. The number of fused-ring (bicyclic) bond motifs is 1. The minimum Gasteiger partial charge on any atom is -0.492 e. The van der Waals surface area contributed by atoms with Crippen molar-refractivity contribution < 1.29 is 24.2 Å². The molecule has 3 heterocycles. The number of nitrogens with zero attached hydrogens (tertiary/aromatic N) is 2. The fourth-order valence-electron chi connectivity index (χ4n) is 7.16. The van der Waals surface area contributed by atoms with Crippen molar-refractivity contribution in [3.05, 3.63) is 29.3 Å². The summed E-state index contributed by atoms with van der Waals surface area (Å²) in [6, 6.07) is 5.77. The molecule has 1 aromatic rings. The van der Waals surface area contributed by atoms with Gasteiger partial charge in [-0.25, -0.2) is 0 Å². The maximum Gasteiger partial charge on any atom is 0.244 e. The fourth-order valence-corrected chi connectivity index (χ4v) is 7.16. The average Bonchev–Trinajstić information content (AvgIpc) is 3.10. The summed E-state index contributed by atoms with van der Waals surface area (Å²) in [6.07, 6.45) is 7.18. The molecule has 3 aliphatic heterocycles. The normalized spacial score (nSPS) is 37.5. The smallest absolute Gasteiger partial charge is 0.244 e. The Balaban J connectivity index is 1.07. The van der Waals surface area contributed by atoms with Crippen molar-refractivity contribution in [1.29, 1.82) is 0 Å². The van der Waals surface area contributed by atoms with Gasteiger partial charge in [0.15, 0.2) is 0 Å². The van der Waals surface area contributed by atoms with Crippen LogP contribution in [0.3, 0.4) is 0 Å². The lowest BCUT2D eigenvalue weighted by Crippen LogP contribution is -2.71. The Kier molecular flexibility index (Phi) is 5.48. The highest BCUT2D eigenvalue weighted by molar-refractivity contribution is 6.00. The van der Waals surface area contributed by atoms with E-state index in [0.29, 0.717) is 37.5 Å². The van der Waals surface area contributed by atoms with E-state index in [9.17, 15) is 14.7 Å². The van der Waals surface area contributed by atoms with Crippen LogP contribution in [0.4, 0.5) is 0 Å². The predicted molar refractivity (Wildman–Crippen MR) is 124 cm³/mol. The first kappa shape index (κ1) is 22.5. The summed E-state index contributed by atoms with van der Waals surface area (Å²) in [6.45, 7) is 3.44. The molecule has 8 heteroatoms. The van der Waals surface area contributed by atoms with E-state index in [1.807, 2.05) is 25.3 Å². The zero-order valence-corrected chi connectivity index (χ0v) is 19.9. The van der Waals surface area contributed by atoms with Crippen LogP contribution in [-0.4, -0.2) is 71.2 Å². The summed E-state index contributed by atoms with van der Waals surface area (Å²) in [5.41, 5.74) is 2.45. The molecule has 3 aliphatic carbocycles. The van der Waals surface area contributed by atoms with Gasteiger partial charge in [0.1, 0.15) is 18.6 Å². The van der Waals surface area contributed by atoms with Crippen LogP contribution in [-0.2, 0) is 20.9 Å². The van der Waals surface area contributed by atoms with E-state index in [0.717, 1.165) is 30.0 Å². The molecule has 2 amide bonds. The summed E-state index contributed by atoms with van der Waals surface area (Å²) >= 11 is 0. The van der Waals surface area contributed by atoms with Crippen LogP contribution in [0.25, 0.3) is 0 Å². The van der Waals surface area contributed by atoms with Crippen molar-refractivity contribution in [2.45, 2.75) is 81.8 Å². The van der Waals surface area contributed by atoms with Gasteiger partial charge >= 0.3 is 0 Å². The van der Waals surface area contributed by atoms with E-state index in [-0.39, 0.29) is 17.4 Å². The zero-order chi connectivity index (χ0) is 23.5. The molecule has 0 aromatic heterocycles. The highest BCUT2D eigenvalue weighted by atomic mass is 16.5. The van der Waals surface area contributed by atoms with Gasteiger partial charge in [-0.15, -0.1) is 0 Å². The van der Waals surface area contributed by atoms with Crippen LogP contribution in [0.1, 0.15) is 68.7 Å². The summed E-state index contributed by atoms with van der Waals surface area (Å²) in [5.74, 6) is 0.245. The van der Waals surface area contributed by atoms with Crippen molar-refractivity contribution in [1.82, 2.24) is 15.1 Å². The summed E-state index contributed by atoms with van der Waals surface area (Å²) in [4.78, 5) is 28.2. The number of rotatable bonds is 7. The molecule has 3 atom stereocenters. The van der Waals surface area contributed by atoms with Crippen LogP contribution in [0.15, 0.2) is 18.2 Å². The quantitative estimate of drug-likeness (QED) is 0.591. The Morgan fingerprint density at radius 1 is 1.18 bits per heavy atom. The van der Waals surface area contributed by atoms with Crippen LogP contribution in [0.2, 0.25) is 0 Å². The number of hydrogen-bond donors (Lipinski definition) is 2. The third kappa shape index (κ3) is 3.75. The molecular weight excluding hydrogens is 434 g/mol. The number of imide groups is 1. The Hall–Kier alpha value is -2.00. The lowest BCUT2D eigenvalue weighted by Gasteiger charge is -2.70. The SMILES string of the molecule is COC12CC(CN3CCCC[C@@H]3COc3ccc4c(c3)CN(C3CCC(=O)NC3=O)C4O)(C1)C2. The molecule has 2 unspecified atom stereocenters. The minimum atomic E-state index is -0.842. The van der Waals surface area contributed by atoms with Crippen LogP contribution in [0.5, 0.6) is 5.75 Å². The van der Waals surface area contributed by atoms with Gasteiger partial charge in [-0.2, -0.15) is 0 Å². The molecule has 5 fully saturated rings. The van der Waals surface area contributed by atoms with E-state index in [4.69, 9.17) is 9.47 Å². The van der Waals surface area contributed by atoms with Gasteiger partial charge in [0, 0.05) is 38.2 Å². The molecule has 6 aliphatic rings. The standard InChI is InChI=1S/C26H35N3O5/c1-33-26-13-25(14-26,15-26)16-28-9-3-2-4-18(28)12-34-19-5-6-20-17(10-19)11-29(24(20)32)21-7-8-22(30)27-23(21)31/h5-6,10,18,21,24,32H,2-4,7-9,11-16H2,1H3,(H,27,30,31)/t18-,21?,24?,25?,26?/m1/s1. The summed E-state index contributed by atoms with van der Waals surface area (Å²) in [5, 5.41) is 13.2. The third-order valence-corrected chi connectivity index (χ3v) is 8.92. The number of nitrogens with one attached hydrogen (secondary N) is 1. The number of benzene rings is 1. The first-order valence-electron chi connectivity index (χ1n) is 12.7.